The maximum atomic E-state index is 11.6. The van der Waals surface area contributed by atoms with Crippen LogP contribution in [0.25, 0.3) is 10.9 Å². The number of halogens is 2. The standard InChI is InChI=1S/C13H11Br2NO2/c1-3-7-4-8(14)5-9-11(15)10(13(17)18-2)6-16-12(7)9/h4-6H,3H2,1-2H3. The van der Waals surface area contributed by atoms with Crippen LogP contribution in [0.5, 0.6) is 0 Å². The molecule has 0 radical (unpaired) electrons. The minimum absolute atomic E-state index is 0.394. The molecule has 0 saturated heterocycles. The third-order valence-corrected chi connectivity index (χ3v) is 4.05. The summed E-state index contributed by atoms with van der Waals surface area (Å²) in [5, 5.41) is 0.907. The lowest BCUT2D eigenvalue weighted by molar-refractivity contribution is 0.0599. The molecule has 3 nitrogen and oxygen atoms in total. The fraction of sp³-hybridized carbons (Fsp3) is 0.231. The summed E-state index contributed by atoms with van der Waals surface area (Å²) in [4.78, 5) is 16.0. The van der Waals surface area contributed by atoms with Crippen LogP contribution in [-0.2, 0) is 11.2 Å². The number of aryl methyl sites for hydroxylation is 1. The Morgan fingerprint density at radius 3 is 2.72 bits per heavy atom. The number of aromatic nitrogens is 1. The van der Waals surface area contributed by atoms with Crippen molar-refractivity contribution in [3.05, 3.63) is 38.4 Å². The van der Waals surface area contributed by atoms with Crippen LogP contribution in [0, 0.1) is 0 Å². The highest BCUT2D eigenvalue weighted by molar-refractivity contribution is 9.11. The van der Waals surface area contributed by atoms with Crippen LogP contribution in [0.1, 0.15) is 22.8 Å². The highest BCUT2D eigenvalue weighted by Gasteiger charge is 2.15. The van der Waals surface area contributed by atoms with E-state index in [1.165, 1.54) is 7.11 Å². The quantitative estimate of drug-likeness (QED) is 0.744. The van der Waals surface area contributed by atoms with Crippen LogP contribution in [0.15, 0.2) is 27.3 Å². The molecule has 1 aromatic carbocycles. The molecule has 2 aromatic rings. The minimum atomic E-state index is -0.394. The van der Waals surface area contributed by atoms with Gasteiger partial charge in [-0.1, -0.05) is 22.9 Å². The van der Waals surface area contributed by atoms with Crippen LogP contribution < -0.4 is 0 Å². The summed E-state index contributed by atoms with van der Waals surface area (Å²) in [5.41, 5.74) is 2.47. The zero-order valence-corrected chi connectivity index (χ0v) is 13.1. The number of benzene rings is 1. The lowest BCUT2D eigenvalue weighted by Gasteiger charge is -2.09. The molecule has 0 aliphatic rings. The molecule has 1 aromatic heterocycles. The summed E-state index contributed by atoms with van der Waals surface area (Å²) in [6.45, 7) is 2.07. The number of pyridine rings is 1. The molecule has 0 amide bonds. The largest absolute Gasteiger partial charge is 0.465 e. The maximum absolute atomic E-state index is 11.6. The molecule has 18 heavy (non-hydrogen) atoms. The van der Waals surface area contributed by atoms with Crippen LogP contribution in [-0.4, -0.2) is 18.1 Å². The molecule has 1 heterocycles. The van der Waals surface area contributed by atoms with E-state index >= 15 is 0 Å². The van der Waals surface area contributed by atoms with Crippen LogP contribution in [0.3, 0.4) is 0 Å². The van der Waals surface area contributed by atoms with Crippen molar-refractivity contribution in [1.29, 1.82) is 0 Å². The number of rotatable bonds is 2. The fourth-order valence-corrected chi connectivity index (χ4v) is 2.90. The topological polar surface area (TPSA) is 39.2 Å². The van der Waals surface area contributed by atoms with Crippen molar-refractivity contribution in [1.82, 2.24) is 4.98 Å². The summed E-state index contributed by atoms with van der Waals surface area (Å²) < 4.78 is 6.42. The third kappa shape index (κ3) is 2.29. The highest BCUT2D eigenvalue weighted by atomic mass is 79.9. The molecule has 94 valence electrons. The summed E-state index contributed by atoms with van der Waals surface area (Å²) >= 11 is 6.93. The van der Waals surface area contributed by atoms with Gasteiger partial charge < -0.3 is 4.74 Å². The van der Waals surface area contributed by atoms with Crippen molar-refractivity contribution in [2.75, 3.05) is 7.11 Å². The van der Waals surface area contributed by atoms with Gasteiger partial charge in [-0.25, -0.2) is 4.79 Å². The van der Waals surface area contributed by atoms with Crippen molar-refractivity contribution < 1.29 is 9.53 Å². The van der Waals surface area contributed by atoms with Crippen LogP contribution >= 0.6 is 31.9 Å². The Balaban J connectivity index is 2.78. The summed E-state index contributed by atoms with van der Waals surface area (Å²) in [6.07, 6.45) is 2.43. The molecular weight excluding hydrogens is 362 g/mol. The van der Waals surface area contributed by atoms with Gasteiger partial charge in [-0.2, -0.15) is 0 Å². The Morgan fingerprint density at radius 1 is 1.39 bits per heavy atom. The summed E-state index contributed by atoms with van der Waals surface area (Å²) in [5.74, 6) is -0.394. The lowest BCUT2D eigenvalue weighted by atomic mass is 10.1. The molecule has 0 fully saturated rings. The van der Waals surface area contributed by atoms with Crippen molar-refractivity contribution >= 4 is 48.7 Å². The van der Waals surface area contributed by atoms with Crippen molar-refractivity contribution in [2.45, 2.75) is 13.3 Å². The first-order valence-electron chi connectivity index (χ1n) is 5.43. The van der Waals surface area contributed by atoms with E-state index in [1.54, 1.807) is 6.20 Å². The van der Waals surface area contributed by atoms with Crippen LogP contribution in [0.4, 0.5) is 0 Å². The van der Waals surface area contributed by atoms with E-state index in [4.69, 9.17) is 4.74 Å². The van der Waals surface area contributed by atoms with Crippen molar-refractivity contribution in [3.63, 3.8) is 0 Å². The summed E-state index contributed by atoms with van der Waals surface area (Å²) in [7, 11) is 1.36. The zero-order chi connectivity index (χ0) is 13.3. The number of carbonyl (C=O) groups is 1. The molecule has 0 spiro atoms. The van der Waals surface area contributed by atoms with Gasteiger partial charge in [-0.05, 0) is 40.0 Å². The molecule has 0 aliphatic carbocycles. The number of hydrogen-bond acceptors (Lipinski definition) is 3. The molecule has 0 N–H and O–H groups in total. The van der Waals surface area contributed by atoms with E-state index in [9.17, 15) is 4.79 Å². The van der Waals surface area contributed by atoms with Gasteiger partial charge in [-0.3, -0.25) is 4.98 Å². The number of methoxy groups -OCH3 is 1. The Labute approximate surface area is 122 Å². The Hall–Kier alpha value is -0.940. The lowest BCUT2D eigenvalue weighted by Crippen LogP contribution is -2.04. The number of esters is 1. The maximum Gasteiger partial charge on any atom is 0.340 e. The first-order valence-corrected chi connectivity index (χ1v) is 7.02. The molecule has 0 atom stereocenters. The van der Waals surface area contributed by atoms with Crippen molar-refractivity contribution in [3.8, 4) is 0 Å². The Morgan fingerprint density at radius 2 is 2.11 bits per heavy atom. The van der Waals surface area contributed by atoms with E-state index in [1.807, 2.05) is 12.1 Å². The average molecular weight is 373 g/mol. The first kappa shape index (κ1) is 13.5. The average Bonchev–Trinajstić information content (AvgIpc) is 2.38. The molecule has 0 aliphatic heterocycles. The van der Waals surface area contributed by atoms with Gasteiger partial charge in [0.2, 0.25) is 0 Å². The van der Waals surface area contributed by atoms with Gasteiger partial charge in [0.15, 0.2) is 0 Å². The predicted octanol–water partition coefficient (Wildman–Crippen LogP) is 4.11. The third-order valence-electron chi connectivity index (χ3n) is 2.74. The van der Waals surface area contributed by atoms with Gasteiger partial charge in [0.05, 0.1) is 18.2 Å². The normalized spacial score (nSPS) is 10.7. The van der Waals surface area contributed by atoms with E-state index in [2.05, 4.69) is 43.8 Å². The Kier molecular flexibility index (Phi) is 4.02. The second-order valence-corrected chi connectivity index (χ2v) is 5.50. The number of ether oxygens (including phenoxy) is 1. The molecule has 5 heteroatoms. The molecule has 2 rings (SSSR count). The second-order valence-electron chi connectivity index (χ2n) is 3.79. The van der Waals surface area contributed by atoms with Gasteiger partial charge >= 0.3 is 5.97 Å². The Bertz CT molecular complexity index is 626. The van der Waals surface area contributed by atoms with Crippen molar-refractivity contribution in [2.24, 2.45) is 0 Å². The van der Waals surface area contributed by atoms with E-state index in [0.717, 1.165) is 31.8 Å². The molecule has 0 bridgehead atoms. The summed E-state index contributed by atoms with van der Waals surface area (Å²) in [6, 6.07) is 3.98. The molecule has 0 unspecified atom stereocenters. The van der Waals surface area contributed by atoms with E-state index in [0.29, 0.717) is 5.56 Å². The molecular formula is C13H11Br2NO2. The minimum Gasteiger partial charge on any atom is -0.465 e. The van der Waals surface area contributed by atoms with Gasteiger partial charge in [0.1, 0.15) is 0 Å². The highest BCUT2D eigenvalue weighted by Crippen LogP contribution is 2.31. The number of fused-ring (bicyclic) bond motifs is 1. The van der Waals surface area contributed by atoms with E-state index in [-0.39, 0.29) is 0 Å². The fourth-order valence-electron chi connectivity index (χ4n) is 1.83. The second kappa shape index (κ2) is 5.36. The number of nitrogens with zero attached hydrogens (tertiary/aromatic N) is 1. The van der Waals surface area contributed by atoms with E-state index < -0.39 is 5.97 Å². The predicted molar refractivity (Wildman–Crippen MR) is 77.9 cm³/mol. The van der Waals surface area contributed by atoms with Gasteiger partial charge in [-0.15, -0.1) is 0 Å². The first-order chi connectivity index (χ1) is 8.58. The monoisotopic (exact) mass is 371 g/mol. The zero-order valence-electron chi connectivity index (χ0n) is 9.96. The molecule has 0 saturated carbocycles. The number of carbonyl (C=O) groups excluding carboxylic acids is 1. The van der Waals surface area contributed by atoms with Crippen LogP contribution in [0.2, 0.25) is 0 Å². The number of hydrogen-bond donors (Lipinski definition) is 0. The van der Waals surface area contributed by atoms with Gasteiger partial charge in [0.25, 0.3) is 0 Å². The SMILES string of the molecule is CCc1cc(Br)cc2c(Br)c(C(=O)OC)cnc12. The van der Waals surface area contributed by atoms with Gasteiger partial charge in [0, 0.05) is 20.5 Å². The smallest absolute Gasteiger partial charge is 0.340 e.